The van der Waals surface area contributed by atoms with E-state index in [2.05, 4.69) is 17.0 Å². The lowest BCUT2D eigenvalue weighted by atomic mass is 10.1. The summed E-state index contributed by atoms with van der Waals surface area (Å²) in [6.45, 7) is 2.61. The Bertz CT molecular complexity index is 527. The number of nitrogens with two attached hydrogens (primary N) is 1. The molecule has 1 fully saturated rings. The third kappa shape index (κ3) is 4.54. The molecular formula is C14H17F3N2O2. The van der Waals surface area contributed by atoms with Gasteiger partial charge in [-0.1, -0.05) is 6.92 Å². The minimum absolute atomic E-state index is 0.213. The van der Waals surface area contributed by atoms with Gasteiger partial charge in [0.1, 0.15) is 0 Å². The summed E-state index contributed by atoms with van der Waals surface area (Å²) in [7, 11) is 0. The molecule has 0 aromatic heterocycles. The highest BCUT2D eigenvalue weighted by atomic mass is 19.4. The van der Waals surface area contributed by atoms with Gasteiger partial charge < -0.3 is 15.8 Å². The number of rotatable bonds is 5. The van der Waals surface area contributed by atoms with Gasteiger partial charge in [-0.25, -0.2) is 0 Å². The van der Waals surface area contributed by atoms with Gasteiger partial charge in [0.25, 0.3) is 5.91 Å². The van der Waals surface area contributed by atoms with E-state index in [1.54, 1.807) is 0 Å². The largest absolute Gasteiger partial charge is 0.573 e. The molecule has 4 nitrogen and oxygen atoms in total. The van der Waals surface area contributed by atoms with Crippen molar-refractivity contribution in [2.75, 3.05) is 12.3 Å². The normalized spacial score (nSPS) is 16.4. The maximum Gasteiger partial charge on any atom is 0.573 e. The molecule has 0 aliphatic heterocycles. The van der Waals surface area contributed by atoms with Gasteiger partial charge in [-0.05, 0) is 42.9 Å². The molecule has 2 rings (SSSR count). The first-order valence-electron chi connectivity index (χ1n) is 6.70. The van der Waals surface area contributed by atoms with E-state index in [4.69, 9.17) is 5.73 Å². The van der Waals surface area contributed by atoms with Gasteiger partial charge >= 0.3 is 6.36 Å². The number of carbonyl (C=O) groups is 1. The summed E-state index contributed by atoms with van der Waals surface area (Å²) in [5.41, 5.74) is 5.46. The molecule has 1 aromatic rings. The van der Waals surface area contributed by atoms with Crippen molar-refractivity contribution in [3.63, 3.8) is 0 Å². The second-order valence-electron chi connectivity index (χ2n) is 5.33. The molecule has 1 aromatic carbocycles. The summed E-state index contributed by atoms with van der Waals surface area (Å²) in [5, 5.41) is 2.76. The van der Waals surface area contributed by atoms with E-state index >= 15 is 0 Å². The third-order valence-electron chi connectivity index (χ3n) is 3.51. The molecule has 3 N–H and O–H groups in total. The van der Waals surface area contributed by atoms with Gasteiger partial charge in [0.05, 0.1) is 5.69 Å². The Morgan fingerprint density at radius 1 is 1.48 bits per heavy atom. The number of hydrogen-bond donors (Lipinski definition) is 2. The fourth-order valence-electron chi connectivity index (χ4n) is 2.09. The smallest absolute Gasteiger partial charge is 0.404 e. The van der Waals surface area contributed by atoms with Crippen molar-refractivity contribution in [2.24, 2.45) is 11.8 Å². The molecule has 1 saturated carbocycles. The molecule has 7 heteroatoms. The van der Waals surface area contributed by atoms with Crippen LogP contribution in [0.25, 0.3) is 0 Å². The van der Waals surface area contributed by atoms with Crippen LogP contribution in [0.3, 0.4) is 0 Å². The van der Waals surface area contributed by atoms with E-state index in [-0.39, 0.29) is 17.2 Å². The zero-order valence-electron chi connectivity index (χ0n) is 11.5. The first-order chi connectivity index (χ1) is 9.76. The standard InChI is InChI=1S/C14H17F3N2O2/c1-8(9-2-3-9)7-19-13(20)10-4-5-12(11(18)6-10)21-14(15,16)17/h4-6,8-9H,2-3,7,18H2,1H3,(H,19,20). The Morgan fingerprint density at radius 2 is 2.14 bits per heavy atom. The first kappa shape index (κ1) is 15.5. The summed E-state index contributed by atoms with van der Waals surface area (Å²) >= 11 is 0. The maximum atomic E-state index is 12.1. The van der Waals surface area contributed by atoms with Crippen LogP contribution in [0.4, 0.5) is 18.9 Å². The van der Waals surface area contributed by atoms with Crippen LogP contribution in [0.1, 0.15) is 30.1 Å². The van der Waals surface area contributed by atoms with Crippen LogP contribution in [0.2, 0.25) is 0 Å². The topological polar surface area (TPSA) is 64.3 Å². The van der Waals surface area contributed by atoms with Crippen LogP contribution in [-0.4, -0.2) is 18.8 Å². The summed E-state index contributed by atoms with van der Waals surface area (Å²) in [6, 6.07) is 3.48. The molecular weight excluding hydrogens is 285 g/mol. The van der Waals surface area contributed by atoms with Gasteiger partial charge in [0.15, 0.2) is 5.75 Å². The van der Waals surface area contributed by atoms with Crippen molar-refractivity contribution in [2.45, 2.75) is 26.1 Å². The Hall–Kier alpha value is -1.92. The Morgan fingerprint density at radius 3 is 2.67 bits per heavy atom. The second kappa shape index (κ2) is 5.83. The van der Waals surface area contributed by atoms with Crippen LogP contribution in [-0.2, 0) is 0 Å². The summed E-state index contributed by atoms with van der Waals surface area (Å²) < 4.78 is 40.1. The summed E-state index contributed by atoms with van der Waals surface area (Å²) in [6.07, 6.45) is -2.43. The highest BCUT2D eigenvalue weighted by Gasteiger charge is 2.32. The van der Waals surface area contributed by atoms with Gasteiger partial charge in [0.2, 0.25) is 0 Å². The SMILES string of the molecule is CC(CNC(=O)c1ccc(OC(F)(F)F)c(N)c1)C1CC1. The number of amides is 1. The van der Waals surface area contributed by atoms with Crippen molar-refractivity contribution in [3.8, 4) is 5.75 Å². The fraction of sp³-hybridized carbons (Fsp3) is 0.500. The van der Waals surface area contributed by atoms with E-state index in [1.165, 1.54) is 25.0 Å². The number of nitrogen functional groups attached to an aromatic ring is 1. The van der Waals surface area contributed by atoms with E-state index in [1.807, 2.05) is 0 Å². The molecule has 21 heavy (non-hydrogen) atoms. The van der Waals surface area contributed by atoms with Crippen molar-refractivity contribution >= 4 is 11.6 Å². The van der Waals surface area contributed by atoms with Crippen LogP contribution in [0.5, 0.6) is 5.75 Å². The number of carbonyl (C=O) groups excluding carboxylic acids is 1. The molecule has 1 unspecified atom stereocenters. The van der Waals surface area contributed by atoms with Gasteiger partial charge in [-0.15, -0.1) is 13.2 Å². The van der Waals surface area contributed by atoms with Gasteiger partial charge in [-0.2, -0.15) is 0 Å². The number of benzene rings is 1. The van der Waals surface area contributed by atoms with Crippen molar-refractivity contribution in [3.05, 3.63) is 23.8 Å². The highest BCUT2D eigenvalue weighted by Crippen LogP contribution is 2.36. The number of alkyl halides is 3. The quantitative estimate of drug-likeness (QED) is 0.822. The number of halogens is 3. The average molecular weight is 302 g/mol. The minimum Gasteiger partial charge on any atom is -0.404 e. The van der Waals surface area contributed by atoms with Crippen molar-refractivity contribution in [1.82, 2.24) is 5.32 Å². The fourth-order valence-corrected chi connectivity index (χ4v) is 2.09. The molecule has 116 valence electrons. The second-order valence-corrected chi connectivity index (χ2v) is 5.33. The predicted molar refractivity (Wildman–Crippen MR) is 71.8 cm³/mol. The molecule has 0 spiro atoms. The monoisotopic (exact) mass is 302 g/mol. The molecule has 0 bridgehead atoms. The zero-order valence-corrected chi connectivity index (χ0v) is 11.5. The van der Waals surface area contributed by atoms with E-state index < -0.39 is 12.1 Å². The molecule has 0 radical (unpaired) electrons. The van der Waals surface area contributed by atoms with Crippen LogP contribution < -0.4 is 15.8 Å². The Labute approximate surface area is 120 Å². The lowest BCUT2D eigenvalue weighted by molar-refractivity contribution is -0.274. The highest BCUT2D eigenvalue weighted by molar-refractivity contribution is 5.95. The molecule has 1 aliphatic carbocycles. The third-order valence-corrected chi connectivity index (χ3v) is 3.51. The van der Waals surface area contributed by atoms with Gasteiger partial charge in [0, 0.05) is 12.1 Å². The Balaban J connectivity index is 1.96. The van der Waals surface area contributed by atoms with Crippen LogP contribution in [0.15, 0.2) is 18.2 Å². The number of hydrogen-bond acceptors (Lipinski definition) is 3. The number of ether oxygens (including phenoxy) is 1. The molecule has 0 saturated heterocycles. The number of anilines is 1. The molecule has 1 atom stereocenters. The molecule has 0 heterocycles. The molecule has 1 amide bonds. The van der Waals surface area contributed by atoms with E-state index in [0.717, 1.165) is 6.07 Å². The molecule has 1 aliphatic rings. The van der Waals surface area contributed by atoms with Gasteiger partial charge in [-0.3, -0.25) is 4.79 Å². The Kier molecular flexibility index (Phi) is 4.29. The van der Waals surface area contributed by atoms with E-state index in [9.17, 15) is 18.0 Å². The number of nitrogens with one attached hydrogen (secondary N) is 1. The summed E-state index contributed by atoms with van der Waals surface area (Å²) in [5.74, 6) is 0.204. The first-order valence-corrected chi connectivity index (χ1v) is 6.70. The maximum absolute atomic E-state index is 12.1. The van der Waals surface area contributed by atoms with Crippen LogP contribution in [0, 0.1) is 11.8 Å². The van der Waals surface area contributed by atoms with Crippen molar-refractivity contribution in [1.29, 1.82) is 0 Å². The average Bonchev–Trinajstić information content (AvgIpc) is 3.20. The lowest BCUT2D eigenvalue weighted by Crippen LogP contribution is -2.29. The summed E-state index contributed by atoms with van der Waals surface area (Å²) in [4.78, 5) is 11.9. The lowest BCUT2D eigenvalue weighted by Gasteiger charge is -2.13. The minimum atomic E-state index is -4.81. The van der Waals surface area contributed by atoms with Crippen molar-refractivity contribution < 1.29 is 22.7 Å². The van der Waals surface area contributed by atoms with Crippen LogP contribution >= 0.6 is 0 Å². The predicted octanol–water partition coefficient (Wildman–Crippen LogP) is 2.94. The zero-order chi connectivity index (χ0) is 15.6. The van der Waals surface area contributed by atoms with E-state index in [0.29, 0.717) is 18.4 Å².